The molecule has 0 aliphatic rings. The summed E-state index contributed by atoms with van der Waals surface area (Å²) in [6, 6.07) is 0. The Morgan fingerprint density at radius 2 is 1.14 bits per heavy atom. The van der Waals surface area contributed by atoms with E-state index < -0.39 is 0 Å². The first kappa shape index (κ1) is 24.4. The van der Waals surface area contributed by atoms with Gasteiger partial charge in [0.05, 0.1) is 0 Å². The van der Waals surface area contributed by atoms with Crippen LogP contribution in [-0.2, 0) is 0 Å². The highest BCUT2D eigenvalue weighted by Crippen LogP contribution is 2.13. The fourth-order valence-corrected chi connectivity index (χ4v) is 3.12. The highest BCUT2D eigenvalue weighted by Gasteiger charge is 1.94. The van der Waals surface area contributed by atoms with Crippen LogP contribution in [0.15, 0.2) is 48.6 Å². The molecule has 0 aromatic rings. The van der Waals surface area contributed by atoms with Gasteiger partial charge in [0, 0.05) is 9.76 Å². The van der Waals surface area contributed by atoms with E-state index in [0.717, 1.165) is 31.0 Å². The predicted molar refractivity (Wildman–Crippen MR) is 118 cm³/mol. The molecule has 0 aliphatic heterocycles. The molecule has 0 unspecified atom stereocenters. The molecule has 0 saturated carbocycles. The second-order valence-electron chi connectivity index (χ2n) is 6.00. The Kier molecular flexibility index (Phi) is 19.5. The molecule has 0 fully saturated rings. The topological polar surface area (TPSA) is 0 Å². The van der Waals surface area contributed by atoms with Crippen LogP contribution < -0.4 is 0 Å². The molecule has 0 nitrogen and oxygen atoms in total. The summed E-state index contributed by atoms with van der Waals surface area (Å²) in [6.45, 7) is 19.9. The van der Waals surface area contributed by atoms with Gasteiger partial charge in [-0.15, -0.1) is 13.2 Å². The summed E-state index contributed by atoms with van der Waals surface area (Å²) < 4.78 is 1.20. The Balaban J connectivity index is 0. The zero-order valence-corrected chi connectivity index (χ0v) is 18.4. The standard InChI is InChI=1S/C10H17Br.C10H17I/c2*1-9(2)5-4-6-10(3)7-8-11/h2*1,3-8H2,2H3. The van der Waals surface area contributed by atoms with E-state index in [-0.39, 0.29) is 0 Å². The zero-order chi connectivity index (χ0) is 17.4. The van der Waals surface area contributed by atoms with Gasteiger partial charge in [-0.05, 0) is 65.2 Å². The van der Waals surface area contributed by atoms with E-state index in [2.05, 4.69) is 78.7 Å². The van der Waals surface area contributed by atoms with Crippen LogP contribution in [0.1, 0.15) is 65.2 Å². The Morgan fingerprint density at radius 3 is 1.45 bits per heavy atom. The number of hydrogen-bond acceptors (Lipinski definition) is 0. The van der Waals surface area contributed by atoms with Gasteiger partial charge in [-0.25, -0.2) is 0 Å². The molecule has 2 heteroatoms. The molecule has 22 heavy (non-hydrogen) atoms. The third-order valence-corrected chi connectivity index (χ3v) is 4.10. The molecule has 0 spiro atoms. The van der Waals surface area contributed by atoms with Crippen molar-refractivity contribution < 1.29 is 0 Å². The van der Waals surface area contributed by atoms with Crippen LogP contribution in [0.5, 0.6) is 0 Å². The summed E-state index contributed by atoms with van der Waals surface area (Å²) in [4.78, 5) is 0. The lowest BCUT2D eigenvalue weighted by molar-refractivity contribution is 0.787. The summed E-state index contributed by atoms with van der Waals surface area (Å²) in [7, 11) is 0. The first-order valence-electron chi connectivity index (χ1n) is 8.07. The molecule has 0 bridgehead atoms. The Hall–Kier alpha value is 0.170. The van der Waals surface area contributed by atoms with Crippen LogP contribution in [0.3, 0.4) is 0 Å². The molecule has 0 aromatic heterocycles. The summed E-state index contributed by atoms with van der Waals surface area (Å²) in [5, 5.41) is 1.04. The highest BCUT2D eigenvalue weighted by molar-refractivity contribution is 14.1. The van der Waals surface area contributed by atoms with Gasteiger partial charge in [0.15, 0.2) is 0 Å². The average Bonchev–Trinajstić information content (AvgIpc) is 2.39. The van der Waals surface area contributed by atoms with E-state index >= 15 is 0 Å². The molecule has 0 saturated heterocycles. The zero-order valence-electron chi connectivity index (χ0n) is 14.7. The van der Waals surface area contributed by atoms with Crippen molar-refractivity contribution in [1.82, 2.24) is 0 Å². The van der Waals surface area contributed by atoms with Crippen molar-refractivity contribution in [3.63, 3.8) is 0 Å². The van der Waals surface area contributed by atoms with E-state index in [1.807, 2.05) is 0 Å². The Bertz CT molecular complexity index is 308. The maximum absolute atomic E-state index is 4.01. The van der Waals surface area contributed by atoms with Crippen molar-refractivity contribution in [2.45, 2.75) is 65.2 Å². The fraction of sp³-hybridized carbons (Fsp3) is 0.600. The summed E-state index contributed by atoms with van der Waals surface area (Å²) in [5.74, 6) is 0. The lowest BCUT2D eigenvalue weighted by Crippen LogP contribution is -1.84. The minimum Gasteiger partial charge on any atom is -0.100 e. The van der Waals surface area contributed by atoms with Crippen LogP contribution in [0.25, 0.3) is 0 Å². The van der Waals surface area contributed by atoms with E-state index in [0.29, 0.717) is 0 Å². The van der Waals surface area contributed by atoms with Crippen LogP contribution >= 0.6 is 38.5 Å². The minimum atomic E-state index is 1.04. The van der Waals surface area contributed by atoms with E-state index in [1.165, 1.54) is 52.4 Å². The highest BCUT2D eigenvalue weighted by atomic mass is 127. The molecule has 128 valence electrons. The number of halogens is 2. The third kappa shape index (κ3) is 22.5. The van der Waals surface area contributed by atoms with Crippen LogP contribution in [-0.4, -0.2) is 9.76 Å². The minimum absolute atomic E-state index is 1.04. The molecule has 0 heterocycles. The van der Waals surface area contributed by atoms with Crippen molar-refractivity contribution in [1.29, 1.82) is 0 Å². The maximum atomic E-state index is 4.01. The van der Waals surface area contributed by atoms with Gasteiger partial charge in [-0.2, -0.15) is 0 Å². The molecule has 0 aromatic carbocycles. The largest absolute Gasteiger partial charge is 0.100 e. The lowest BCUT2D eigenvalue weighted by Gasteiger charge is -2.02. The van der Waals surface area contributed by atoms with Gasteiger partial charge >= 0.3 is 0 Å². The first-order chi connectivity index (χ1) is 10.3. The van der Waals surface area contributed by atoms with E-state index in [9.17, 15) is 0 Å². The predicted octanol–water partition coefficient (Wildman–Crippen LogP) is 8.19. The molecule has 0 radical (unpaired) electrons. The van der Waals surface area contributed by atoms with Gasteiger partial charge < -0.3 is 0 Å². The Morgan fingerprint density at radius 1 is 0.727 bits per heavy atom. The molecule has 0 amide bonds. The van der Waals surface area contributed by atoms with Gasteiger partial charge in [-0.3, -0.25) is 0 Å². The summed E-state index contributed by atoms with van der Waals surface area (Å²) >= 11 is 5.78. The number of alkyl halides is 2. The maximum Gasteiger partial charge on any atom is 0.00684 e. The average molecular weight is 481 g/mol. The monoisotopic (exact) mass is 480 g/mol. The molecular weight excluding hydrogens is 447 g/mol. The van der Waals surface area contributed by atoms with Crippen LogP contribution in [0, 0.1) is 0 Å². The smallest absolute Gasteiger partial charge is 0.00684 e. The Labute approximate surface area is 161 Å². The molecule has 0 rings (SSSR count). The van der Waals surface area contributed by atoms with Crippen molar-refractivity contribution in [2.24, 2.45) is 0 Å². The second-order valence-corrected chi connectivity index (χ2v) is 7.87. The second kappa shape index (κ2) is 17.5. The van der Waals surface area contributed by atoms with Gasteiger partial charge in [0.1, 0.15) is 0 Å². The summed E-state index contributed by atoms with van der Waals surface area (Å²) in [6.07, 6.45) is 9.34. The van der Waals surface area contributed by atoms with Crippen LogP contribution in [0.4, 0.5) is 0 Å². The molecular formula is C20H34BrI. The quantitative estimate of drug-likeness (QED) is 0.150. The van der Waals surface area contributed by atoms with Crippen molar-refractivity contribution >= 4 is 38.5 Å². The number of allylic oxidation sites excluding steroid dienone is 4. The van der Waals surface area contributed by atoms with Gasteiger partial charge in [-0.1, -0.05) is 74.0 Å². The van der Waals surface area contributed by atoms with Crippen LogP contribution in [0.2, 0.25) is 0 Å². The SMILES string of the molecule is C=C(C)CCCC(=C)CCBr.C=C(C)CCCC(=C)CCI. The fourth-order valence-electron chi connectivity index (χ4n) is 1.80. The van der Waals surface area contributed by atoms with E-state index in [4.69, 9.17) is 0 Å². The number of rotatable bonds is 12. The van der Waals surface area contributed by atoms with Gasteiger partial charge in [0.25, 0.3) is 0 Å². The summed E-state index contributed by atoms with van der Waals surface area (Å²) in [5.41, 5.74) is 5.30. The number of hydrogen-bond donors (Lipinski definition) is 0. The lowest BCUT2D eigenvalue weighted by atomic mass is 10.1. The normalized spacial score (nSPS) is 9.64. The van der Waals surface area contributed by atoms with Crippen molar-refractivity contribution in [2.75, 3.05) is 9.76 Å². The molecule has 0 atom stereocenters. The van der Waals surface area contributed by atoms with Crippen molar-refractivity contribution in [3.05, 3.63) is 48.6 Å². The molecule has 0 N–H and O–H groups in total. The third-order valence-electron chi connectivity index (χ3n) is 3.16. The van der Waals surface area contributed by atoms with Crippen molar-refractivity contribution in [3.8, 4) is 0 Å². The van der Waals surface area contributed by atoms with E-state index in [1.54, 1.807) is 0 Å². The van der Waals surface area contributed by atoms with Gasteiger partial charge in [0.2, 0.25) is 0 Å². The molecule has 0 aliphatic carbocycles. The first-order valence-corrected chi connectivity index (χ1v) is 10.7.